The van der Waals surface area contributed by atoms with Crippen LogP contribution in [0.1, 0.15) is 90.9 Å². The lowest BCUT2D eigenvalue weighted by Gasteiger charge is -2.12. The Balaban J connectivity index is 3.23. The van der Waals surface area contributed by atoms with Crippen molar-refractivity contribution in [2.45, 2.75) is 90.9 Å². The van der Waals surface area contributed by atoms with Crippen molar-refractivity contribution in [3.8, 4) is 0 Å². The SMILES string of the molecule is CCCCCCCCCCCCCCOC(=O)C(C)CNCCN. The first-order valence-electron chi connectivity index (χ1n) is 10.3. The molecule has 4 nitrogen and oxygen atoms in total. The standard InChI is InChI=1S/C20H42N2O2/c1-3-4-5-6-7-8-9-10-11-12-13-14-17-24-20(23)19(2)18-22-16-15-21/h19,22H,3-18,21H2,1-2H3. The smallest absolute Gasteiger partial charge is 0.309 e. The first-order valence-corrected chi connectivity index (χ1v) is 10.3. The van der Waals surface area contributed by atoms with Gasteiger partial charge in [0.15, 0.2) is 0 Å². The van der Waals surface area contributed by atoms with Gasteiger partial charge in [-0.3, -0.25) is 4.79 Å². The van der Waals surface area contributed by atoms with Crippen molar-refractivity contribution in [2.24, 2.45) is 11.7 Å². The van der Waals surface area contributed by atoms with E-state index in [1.165, 1.54) is 70.6 Å². The summed E-state index contributed by atoms with van der Waals surface area (Å²) in [6.45, 7) is 6.72. The number of carbonyl (C=O) groups excluding carboxylic acids is 1. The number of hydrogen-bond acceptors (Lipinski definition) is 4. The Morgan fingerprint density at radius 1 is 0.917 bits per heavy atom. The van der Waals surface area contributed by atoms with Crippen molar-refractivity contribution >= 4 is 5.97 Å². The van der Waals surface area contributed by atoms with Crippen LogP contribution in [0.5, 0.6) is 0 Å². The van der Waals surface area contributed by atoms with Gasteiger partial charge in [-0.05, 0) is 6.42 Å². The van der Waals surface area contributed by atoms with Crippen LogP contribution in [0.2, 0.25) is 0 Å². The largest absolute Gasteiger partial charge is 0.465 e. The monoisotopic (exact) mass is 342 g/mol. The minimum absolute atomic E-state index is 0.0890. The second kappa shape index (κ2) is 18.7. The number of hydrogen-bond donors (Lipinski definition) is 2. The Morgan fingerprint density at radius 2 is 1.42 bits per heavy atom. The lowest BCUT2D eigenvalue weighted by atomic mass is 10.1. The summed E-state index contributed by atoms with van der Waals surface area (Å²) < 4.78 is 5.32. The normalized spacial score (nSPS) is 12.3. The average molecular weight is 343 g/mol. The molecule has 0 bridgehead atoms. The summed E-state index contributed by atoms with van der Waals surface area (Å²) in [5.74, 6) is -0.184. The molecule has 0 spiro atoms. The van der Waals surface area contributed by atoms with Gasteiger partial charge in [0.1, 0.15) is 0 Å². The predicted octanol–water partition coefficient (Wildman–Crippen LogP) is 4.42. The van der Waals surface area contributed by atoms with Gasteiger partial charge in [-0.15, -0.1) is 0 Å². The van der Waals surface area contributed by atoms with Crippen LogP contribution < -0.4 is 11.1 Å². The zero-order valence-electron chi connectivity index (χ0n) is 16.3. The number of nitrogens with two attached hydrogens (primary N) is 1. The van der Waals surface area contributed by atoms with Crippen LogP contribution >= 0.6 is 0 Å². The molecule has 1 unspecified atom stereocenters. The summed E-state index contributed by atoms with van der Waals surface area (Å²) in [6, 6.07) is 0. The van der Waals surface area contributed by atoms with Crippen LogP contribution in [-0.4, -0.2) is 32.2 Å². The van der Waals surface area contributed by atoms with E-state index in [4.69, 9.17) is 10.5 Å². The number of esters is 1. The number of nitrogens with one attached hydrogen (secondary N) is 1. The van der Waals surface area contributed by atoms with Gasteiger partial charge in [0.05, 0.1) is 12.5 Å². The summed E-state index contributed by atoms with van der Waals surface area (Å²) in [5.41, 5.74) is 5.40. The molecule has 3 N–H and O–H groups in total. The zero-order valence-corrected chi connectivity index (χ0v) is 16.3. The van der Waals surface area contributed by atoms with Gasteiger partial charge in [-0.25, -0.2) is 0 Å². The Hall–Kier alpha value is -0.610. The molecule has 0 fully saturated rings. The van der Waals surface area contributed by atoms with Crippen LogP contribution in [-0.2, 0) is 9.53 Å². The highest BCUT2D eigenvalue weighted by Gasteiger charge is 2.13. The van der Waals surface area contributed by atoms with E-state index in [2.05, 4.69) is 12.2 Å². The molecule has 0 saturated carbocycles. The van der Waals surface area contributed by atoms with E-state index >= 15 is 0 Å². The van der Waals surface area contributed by atoms with Crippen molar-refractivity contribution in [1.29, 1.82) is 0 Å². The van der Waals surface area contributed by atoms with Crippen LogP contribution in [0.4, 0.5) is 0 Å². The molecule has 0 saturated heterocycles. The minimum atomic E-state index is -0.0948. The van der Waals surface area contributed by atoms with Gasteiger partial charge in [-0.1, -0.05) is 84.5 Å². The highest BCUT2D eigenvalue weighted by atomic mass is 16.5. The molecular weight excluding hydrogens is 300 g/mol. The highest BCUT2D eigenvalue weighted by Crippen LogP contribution is 2.12. The molecule has 0 aromatic heterocycles. The molecule has 4 heteroatoms. The van der Waals surface area contributed by atoms with Crippen molar-refractivity contribution < 1.29 is 9.53 Å². The second-order valence-corrected chi connectivity index (χ2v) is 6.95. The molecule has 0 heterocycles. The molecule has 0 aliphatic heterocycles. The summed E-state index contributed by atoms with van der Waals surface area (Å²) in [4.78, 5) is 11.7. The summed E-state index contributed by atoms with van der Waals surface area (Å²) in [7, 11) is 0. The van der Waals surface area contributed by atoms with E-state index in [1.54, 1.807) is 0 Å². The highest BCUT2D eigenvalue weighted by molar-refractivity contribution is 5.72. The van der Waals surface area contributed by atoms with Gasteiger partial charge in [0, 0.05) is 19.6 Å². The fourth-order valence-electron chi connectivity index (χ4n) is 2.76. The third-order valence-corrected chi connectivity index (χ3v) is 4.42. The quantitative estimate of drug-likeness (QED) is 0.286. The summed E-state index contributed by atoms with van der Waals surface area (Å²) >= 11 is 0. The topological polar surface area (TPSA) is 64.3 Å². The number of rotatable bonds is 18. The van der Waals surface area contributed by atoms with Gasteiger partial charge in [0.2, 0.25) is 0 Å². The molecule has 0 aromatic rings. The van der Waals surface area contributed by atoms with E-state index in [-0.39, 0.29) is 11.9 Å². The fraction of sp³-hybridized carbons (Fsp3) is 0.950. The van der Waals surface area contributed by atoms with E-state index < -0.39 is 0 Å². The average Bonchev–Trinajstić information content (AvgIpc) is 2.58. The summed E-state index contributed by atoms with van der Waals surface area (Å²) in [5, 5.41) is 3.14. The van der Waals surface area contributed by atoms with Crippen molar-refractivity contribution in [3.05, 3.63) is 0 Å². The molecule has 0 radical (unpaired) electrons. The number of unbranched alkanes of at least 4 members (excludes halogenated alkanes) is 11. The van der Waals surface area contributed by atoms with Crippen molar-refractivity contribution in [2.75, 3.05) is 26.2 Å². The van der Waals surface area contributed by atoms with Crippen molar-refractivity contribution in [1.82, 2.24) is 5.32 Å². The van der Waals surface area contributed by atoms with Crippen molar-refractivity contribution in [3.63, 3.8) is 0 Å². The van der Waals surface area contributed by atoms with E-state index in [0.29, 0.717) is 19.7 Å². The molecule has 144 valence electrons. The van der Waals surface area contributed by atoms with Gasteiger partial charge in [0.25, 0.3) is 0 Å². The van der Waals surface area contributed by atoms with Crippen LogP contribution in [0.3, 0.4) is 0 Å². The van der Waals surface area contributed by atoms with Crippen LogP contribution in [0.15, 0.2) is 0 Å². The van der Waals surface area contributed by atoms with E-state index in [1.807, 2.05) is 6.92 Å². The maximum absolute atomic E-state index is 11.7. The Bertz CT molecular complexity index is 272. The van der Waals surface area contributed by atoms with Gasteiger partial charge in [-0.2, -0.15) is 0 Å². The predicted molar refractivity (Wildman–Crippen MR) is 103 cm³/mol. The maximum atomic E-state index is 11.7. The third-order valence-electron chi connectivity index (χ3n) is 4.42. The van der Waals surface area contributed by atoms with Crippen LogP contribution in [0, 0.1) is 5.92 Å². The third kappa shape index (κ3) is 16.3. The Morgan fingerprint density at radius 3 is 1.92 bits per heavy atom. The molecule has 24 heavy (non-hydrogen) atoms. The first-order chi connectivity index (χ1) is 11.7. The molecule has 0 aliphatic carbocycles. The summed E-state index contributed by atoms with van der Waals surface area (Å²) in [6.07, 6.45) is 15.9. The van der Waals surface area contributed by atoms with Gasteiger partial charge < -0.3 is 15.8 Å². The lowest BCUT2D eigenvalue weighted by Crippen LogP contribution is -2.31. The molecule has 1 atom stereocenters. The van der Waals surface area contributed by atoms with Gasteiger partial charge >= 0.3 is 5.97 Å². The molecule has 0 rings (SSSR count). The minimum Gasteiger partial charge on any atom is -0.465 e. The zero-order chi connectivity index (χ0) is 17.9. The maximum Gasteiger partial charge on any atom is 0.309 e. The van der Waals surface area contributed by atoms with Crippen LogP contribution in [0.25, 0.3) is 0 Å². The fourth-order valence-corrected chi connectivity index (χ4v) is 2.76. The Labute approximate surface area is 150 Å². The Kier molecular flexibility index (Phi) is 18.2. The molecule has 0 aliphatic rings. The van der Waals surface area contributed by atoms with E-state index in [0.717, 1.165) is 13.0 Å². The lowest BCUT2D eigenvalue weighted by molar-refractivity contribution is -0.147. The second-order valence-electron chi connectivity index (χ2n) is 6.95. The van der Waals surface area contributed by atoms with E-state index in [9.17, 15) is 4.79 Å². The molecule has 0 amide bonds. The molecular formula is C20H42N2O2. The first kappa shape index (κ1) is 23.4. The number of carbonyl (C=O) groups is 1. The molecule has 0 aromatic carbocycles. The number of ether oxygens (including phenoxy) is 1.